The maximum absolute atomic E-state index is 10.7. The number of hydrogen-bond donors (Lipinski definition) is 1. The van der Waals surface area contributed by atoms with Gasteiger partial charge in [-0.25, -0.2) is 0 Å². The standard InChI is InChI=1S/C18H22O3/c1-11-6-12(2)8-14(7-11)18(19)15-10-17(21-5)16(20-4)9-13(15)3/h6-10,18-19H,1-5H3. The second-order valence-electron chi connectivity index (χ2n) is 5.39. The van der Waals surface area contributed by atoms with Crippen LogP contribution in [-0.2, 0) is 0 Å². The van der Waals surface area contributed by atoms with Gasteiger partial charge in [-0.2, -0.15) is 0 Å². The van der Waals surface area contributed by atoms with Crippen molar-refractivity contribution in [2.24, 2.45) is 0 Å². The predicted molar refractivity (Wildman–Crippen MR) is 84.3 cm³/mol. The van der Waals surface area contributed by atoms with Gasteiger partial charge in [-0.05, 0) is 49.6 Å². The third kappa shape index (κ3) is 3.19. The van der Waals surface area contributed by atoms with Gasteiger partial charge in [-0.15, -0.1) is 0 Å². The van der Waals surface area contributed by atoms with Gasteiger partial charge >= 0.3 is 0 Å². The van der Waals surface area contributed by atoms with Crippen molar-refractivity contribution in [3.63, 3.8) is 0 Å². The van der Waals surface area contributed by atoms with Gasteiger partial charge < -0.3 is 14.6 Å². The highest BCUT2D eigenvalue weighted by molar-refractivity contribution is 5.49. The van der Waals surface area contributed by atoms with Crippen LogP contribution in [0.3, 0.4) is 0 Å². The molecule has 3 heteroatoms. The summed E-state index contributed by atoms with van der Waals surface area (Å²) in [7, 11) is 3.21. The Morgan fingerprint density at radius 1 is 0.810 bits per heavy atom. The minimum Gasteiger partial charge on any atom is -0.493 e. The molecule has 2 aromatic rings. The second kappa shape index (κ2) is 6.19. The zero-order valence-corrected chi connectivity index (χ0v) is 13.2. The molecule has 1 atom stereocenters. The SMILES string of the molecule is COc1cc(C)c(C(O)c2cc(C)cc(C)c2)cc1OC. The fraction of sp³-hybridized carbons (Fsp3) is 0.333. The van der Waals surface area contributed by atoms with Gasteiger partial charge in [0.1, 0.15) is 6.10 Å². The molecule has 0 aromatic heterocycles. The molecule has 112 valence electrons. The molecule has 2 rings (SSSR count). The molecule has 0 amide bonds. The van der Waals surface area contributed by atoms with Crippen molar-refractivity contribution in [2.75, 3.05) is 14.2 Å². The Balaban J connectivity index is 2.49. The normalized spacial score (nSPS) is 12.1. The Morgan fingerprint density at radius 3 is 1.86 bits per heavy atom. The summed E-state index contributed by atoms with van der Waals surface area (Å²) in [5, 5.41) is 10.7. The Bertz CT molecular complexity index is 627. The average Bonchev–Trinajstić information content (AvgIpc) is 2.45. The van der Waals surface area contributed by atoms with Crippen LogP contribution >= 0.6 is 0 Å². The summed E-state index contributed by atoms with van der Waals surface area (Å²) in [4.78, 5) is 0. The van der Waals surface area contributed by atoms with E-state index in [2.05, 4.69) is 6.07 Å². The number of benzene rings is 2. The van der Waals surface area contributed by atoms with Gasteiger partial charge in [0.25, 0.3) is 0 Å². The summed E-state index contributed by atoms with van der Waals surface area (Å²) in [6.45, 7) is 6.03. The lowest BCUT2D eigenvalue weighted by Crippen LogP contribution is -2.04. The van der Waals surface area contributed by atoms with E-state index in [1.807, 2.05) is 45.0 Å². The molecule has 21 heavy (non-hydrogen) atoms. The lowest BCUT2D eigenvalue weighted by atomic mass is 9.94. The molecule has 0 heterocycles. The van der Waals surface area contributed by atoms with E-state index < -0.39 is 6.10 Å². The molecule has 2 aromatic carbocycles. The summed E-state index contributed by atoms with van der Waals surface area (Å²) in [5.41, 5.74) is 4.98. The number of aliphatic hydroxyl groups excluding tert-OH is 1. The van der Waals surface area contributed by atoms with Crippen LogP contribution in [0.5, 0.6) is 11.5 Å². The van der Waals surface area contributed by atoms with Crippen LogP contribution in [-0.4, -0.2) is 19.3 Å². The van der Waals surface area contributed by atoms with Gasteiger partial charge in [-0.1, -0.05) is 29.3 Å². The van der Waals surface area contributed by atoms with Gasteiger partial charge in [0.05, 0.1) is 14.2 Å². The minimum absolute atomic E-state index is 0.626. The third-order valence-electron chi connectivity index (χ3n) is 3.63. The van der Waals surface area contributed by atoms with Crippen LogP contribution in [0.2, 0.25) is 0 Å². The van der Waals surface area contributed by atoms with Crippen LogP contribution in [0.1, 0.15) is 33.9 Å². The zero-order chi connectivity index (χ0) is 15.6. The first-order valence-corrected chi connectivity index (χ1v) is 6.95. The van der Waals surface area contributed by atoms with Crippen LogP contribution in [0.25, 0.3) is 0 Å². The van der Waals surface area contributed by atoms with E-state index in [9.17, 15) is 5.11 Å². The number of aryl methyl sites for hydroxylation is 3. The van der Waals surface area contributed by atoms with Crippen LogP contribution in [0, 0.1) is 20.8 Å². The Kier molecular flexibility index (Phi) is 4.53. The number of aliphatic hydroxyl groups is 1. The first-order chi connectivity index (χ1) is 9.96. The van der Waals surface area contributed by atoms with Crippen molar-refractivity contribution in [2.45, 2.75) is 26.9 Å². The number of methoxy groups -OCH3 is 2. The average molecular weight is 286 g/mol. The Morgan fingerprint density at radius 2 is 1.33 bits per heavy atom. The van der Waals surface area contributed by atoms with Crippen molar-refractivity contribution < 1.29 is 14.6 Å². The van der Waals surface area contributed by atoms with Crippen molar-refractivity contribution in [3.05, 3.63) is 58.1 Å². The molecule has 0 spiro atoms. The highest BCUT2D eigenvalue weighted by Crippen LogP contribution is 2.35. The zero-order valence-electron chi connectivity index (χ0n) is 13.2. The molecule has 0 saturated carbocycles. The summed E-state index contributed by atoms with van der Waals surface area (Å²) >= 11 is 0. The van der Waals surface area contributed by atoms with Gasteiger partial charge in [0, 0.05) is 0 Å². The van der Waals surface area contributed by atoms with Crippen LogP contribution < -0.4 is 9.47 Å². The monoisotopic (exact) mass is 286 g/mol. The third-order valence-corrected chi connectivity index (χ3v) is 3.63. The molecule has 0 saturated heterocycles. The molecule has 3 nitrogen and oxygen atoms in total. The van der Waals surface area contributed by atoms with E-state index in [1.165, 1.54) is 0 Å². The summed E-state index contributed by atoms with van der Waals surface area (Å²) < 4.78 is 10.6. The number of hydrogen-bond acceptors (Lipinski definition) is 3. The summed E-state index contributed by atoms with van der Waals surface area (Å²) in [5.74, 6) is 1.30. The summed E-state index contributed by atoms with van der Waals surface area (Å²) in [6, 6.07) is 9.84. The molecular weight excluding hydrogens is 264 g/mol. The lowest BCUT2D eigenvalue weighted by molar-refractivity contribution is 0.218. The van der Waals surface area contributed by atoms with E-state index in [-0.39, 0.29) is 0 Å². The van der Waals surface area contributed by atoms with Crippen molar-refractivity contribution >= 4 is 0 Å². The highest BCUT2D eigenvalue weighted by atomic mass is 16.5. The number of rotatable bonds is 4. The molecule has 0 aliphatic rings. The molecule has 0 fully saturated rings. The molecule has 0 aliphatic heterocycles. The molecule has 1 N–H and O–H groups in total. The fourth-order valence-electron chi connectivity index (χ4n) is 2.64. The molecule has 0 bridgehead atoms. The van der Waals surface area contributed by atoms with E-state index in [0.717, 1.165) is 27.8 Å². The van der Waals surface area contributed by atoms with Crippen molar-refractivity contribution in [1.82, 2.24) is 0 Å². The van der Waals surface area contributed by atoms with E-state index in [0.29, 0.717) is 11.5 Å². The molecule has 0 aliphatic carbocycles. The Hall–Kier alpha value is -2.00. The van der Waals surface area contributed by atoms with Crippen LogP contribution in [0.15, 0.2) is 30.3 Å². The number of ether oxygens (including phenoxy) is 2. The lowest BCUT2D eigenvalue weighted by Gasteiger charge is -2.18. The highest BCUT2D eigenvalue weighted by Gasteiger charge is 2.17. The van der Waals surface area contributed by atoms with Gasteiger partial charge in [-0.3, -0.25) is 0 Å². The molecule has 1 unspecified atom stereocenters. The first-order valence-electron chi connectivity index (χ1n) is 6.95. The van der Waals surface area contributed by atoms with Gasteiger partial charge in [0.2, 0.25) is 0 Å². The quantitative estimate of drug-likeness (QED) is 0.931. The van der Waals surface area contributed by atoms with E-state index in [1.54, 1.807) is 14.2 Å². The van der Waals surface area contributed by atoms with Crippen molar-refractivity contribution in [3.8, 4) is 11.5 Å². The summed E-state index contributed by atoms with van der Waals surface area (Å²) in [6.07, 6.45) is -0.677. The minimum atomic E-state index is -0.677. The van der Waals surface area contributed by atoms with Crippen LogP contribution in [0.4, 0.5) is 0 Å². The first kappa shape index (κ1) is 15.4. The predicted octanol–water partition coefficient (Wildman–Crippen LogP) is 3.71. The van der Waals surface area contributed by atoms with Gasteiger partial charge in [0.15, 0.2) is 11.5 Å². The largest absolute Gasteiger partial charge is 0.493 e. The van der Waals surface area contributed by atoms with E-state index in [4.69, 9.17) is 9.47 Å². The Labute approximate surface area is 126 Å². The second-order valence-corrected chi connectivity index (χ2v) is 5.39. The molecular formula is C18H22O3. The molecule has 0 radical (unpaired) electrons. The maximum atomic E-state index is 10.7. The van der Waals surface area contributed by atoms with E-state index >= 15 is 0 Å². The maximum Gasteiger partial charge on any atom is 0.161 e. The smallest absolute Gasteiger partial charge is 0.161 e. The van der Waals surface area contributed by atoms with Crippen molar-refractivity contribution in [1.29, 1.82) is 0 Å². The fourth-order valence-corrected chi connectivity index (χ4v) is 2.64. The topological polar surface area (TPSA) is 38.7 Å².